The fourth-order valence-corrected chi connectivity index (χ4v) is 5.16. The van der Waals surface area contributed by atoms with Gasteiger partial charge in [-0.05, 0) is 73.6 Å². The lowest BCUT2D eigenvalue weighted by molar-refractivity contribution is 0.102. The van der Waals surface area contributed by atoms with Crippen LogP contribution in [0.4, 0.5) is 11.5 Å². The van der Waals surface area contributed by atoms with E-state index in [1.807, 2.05) is 54.6 Å². The van der Waals surface area contributed by atoms with E-state index < -0.39 is 0 Å². The second-order valence-corrected chi connectivity index (χ2v) is 10.3. The highest BCUT2D eigenvalue weighted by atomic mass is 16.5. The smallest absolute Gasteiger partial charge is 0.261 e. The van der Waals surface area contributed by atoms with Gasteiger partial charge in [-0.15, -0.1) is 0 Å². The SMILES string of the molecule is COCCOc1ccc(NC(=O)c2cnc(C#N)nc2NCC2CCC3(CC2)CC3)c(-c2ccccc2)c1. The Bertz CT molecular complexity index is 1310. The molecule has 8 nitrogen and oxygen atoms in total. The van der Waals surface area contributed by atoms with Crippen molar-refractivity contribution in [3.63, 3.8) is 0 Å². The number of carbonyl (C=O) groups is 1. The van der Waals surface area contributed by atoms with Gasteiger partial charge in [-0.25, -0.2) is 9.97 Å². The molecule has 2 saturated carbocycles. The number of hydrogen-bond acceptors (Lipinski definition) is 7. The van der Waals surface area contributed by atoms with E-state index in [1.54, 1.807) is 7.11 Å². The van der Waals surface area contributed by atoms with E-state index >= 15 is 0 Å². The largest absolute Gasteiger partial charge is 0.491 e. The van der Waals surface area contributed by atoms with Crippen molar-refractivity contribution in [2.45, 2.75) is 38.5 Å². The Hall–Kier alpha value is -3.96. The van der Waals surface area contributed by atoms with Gasteiger partial charge in [-0.1, -0.05) is 30.3 Å². The van der Waals surface area contributed by atoms with Gasteiger partial charge in [0.25, 0.3) is 5.91 Å². The van der Waals surface area contributed by atoms with Crippen LogP contribution in [0, 0.1) is 22.7 Å². The molecule has 3 aromatic rings. The summed E-state index contributed by atoms with van der Waals surface area (Å²) in [5.74, 6) is 1.30. The Labute approximate surface area is 223 Å². The van der Waals surface area contributed by atoms with Crippen molar-refractivity contribution in [1.29, 1.82) is 5.26 Å². The maximum absolute atomic E-state index is 13.5. The third-order valence-electron chi connectivity index (χ3n) is 7.69. The van der Waals surface area contributed by atoms with Crippen molar-refractivity contribution >= 4 is 17.4 Å². The van der Waals surface area contributed by atoms with Gasteiger partial charge in [0.2, 0.25) is 5.82 Å². The number of hydrogen-bond donors (Lipinski definition) is 2. The van der Waals surface area contributed by atoms with Gasteiger partial charge in [0.15, 0.2) is 0 Å². The third kappa shape index (κ3) is 6.12. The first-order valence-electron chi connectivity index (χ1n) is 13.2. The van der Waals surface area contributed by atoms with Crippen LogP contribution < -0.4 is 15.4 Å². The van der Waals surface area contributed by atoms with E-state index in [0.29, 0.717) is 47.4 Å². The molecular weight excluding hydrogens is 478 g/mol. The molecule has 0 saturated heterocycles. The molecule has 2 aliphatic rings. The summed E-state index contributed by atoms with van der Waals surface area (Å²) in [5.41, 5.74) is 3.34. The van der Waals surface area contributed by atoms with Gasteiger partial charge in [-0.2, -0.15) is 5.26 Å². The van der Waals surface area contributed by atoms with Crippen molar-refractivity contribution in [2.75, 3.05) is 37.5 Å². The van der Waals surface area contributed by atoms with E-state index in [2.05, 4.69) is 20.6 Å². The zero-order valence-corrected chi connectivity index (χ0v) is 21.7. The Morgan fingerprint density at radius 1 is 1.11 bits per heavy atom. The fourth-order valence-electron chi connectivity index (χ4n) is 5.16. The van der Waals surface area contributed by atoms with Crippen LogP contribution >= 0.6 is 0 Å². The number of aromatic nitrogens is 2. The molecule has 1 aromatic heterocycles. The lowest BCUT2D eigenvalue weighted by Crippen LogP contribution is -2.24. The highest BCUT2D eigenvalue weighted by molar-refractivity contribution is 6.09. The summed E-state index contributed by atoms with van der Waals surface area (Å²) in [7, 11) is 1.63. The molecule has 8 heteroatoms. The lowest BCUT2D eigenvalue weighted by Gasteiger charge is -2.28. The molecular formula is C30H33N5O3. The standard InChI is InChI=1S/C30H33N5O3/c1-37-15-16-38-23-7-8-26(24(17-23)22-5-3-2-4-6-22)34-29(36)25-20-32-27(18-31)35-28(25)33-19-21-9-11-30(12-10-21)13-14-30/h2-8,17,20-21H,9-16,19H2,1H3,(H,34,36)(H,32,33,35). The number of nitrogens with one attached hydrogen (secondary N) is 2. The number of carbonyl (C=O) groups excluding carboxylic acids is 1. The summed E-state index contributed by atoms with van der Waals surface area (Å²) < 4.78 is 10.9. The van der Waals surface area contributed by atoms with Crippen LogP contribution in [0.5, 0.6) is 5.75 Å². The van der Waals surface area contributed by atoms with Gasteiger partial charge in [0.1, 0.15) is 29.8 Å². The molecule has 0 bridgehead atoms. The van der Waals surface area contributed by atoms with Crippen molar-refractivity contribution in [1.82, 2.24) is 9.97 Å². The highest BCUT2D eigenvalue weighted by Crippen LogP contribution is 2.57. The average molecular weight is 512 g/mol. The molecule has 196 valence electrons. The Morgan fingerprint density at radius 2 is 1.89 bits per heavy atom. The molecule has 0 radical (unpaired) electrons. The normalized spacial score (nSPS) is 16.0. The van der Waals surface area contributed by atoms with Crippen LogP contribution in [-0.4, -0.2) is 42.7 Å². The molecule has 1 amide bonds. The molecule has 0 aliphatic heterocycles. The topological polar surface area (TPSA) is 109 Å². The van der Waals surface area contributed by atoms with Crippen LogP contribution in [0.25, 0.3) is 11.1 Å². The molecule has 2 N–H and O–H groups in total. The summed E-state index contributed by atoms with van der Waals surface area (Å²) in [4.78, 5) is 21.9. The minimum atomic E-state index is -0.345. The Balaban J connectivity index is 1.35. The van der Waals surface area contributed by atoms with E-state index in [4.69, 9.17) is 9.47 Å². The van der Waals surface area contributed by atoms with Gasteiger partial charge >= 0.3 is 0 Å². The van der Waals surface area contributed by atoms with Gasteiger partial charge in [0.05, 0.1) is 6.61 Å². The molecule has 2 aromatic carbocycles. The molecule has 1 spiro atoms. The molecule has 1 heterocycles. The molecule has 2 fully saturated rings. The number of nitrogens with zero attached hydrogens (tertiary/aromatic N) is 3. The second kappa shape index (κ2) is 11.6. The predicted octanol–water partition coefficient (Wildman–Crippen LogP) is 5.68. The zero-order chi connectivity index (χ0) is 26.4. The van der Waals surface area contributed by atoms with Crippen molar-refractivity contribution in [3.05, 3.63) is 66.1 Å². The van der Waals surface area contributed by atoms with Crippen molar-refractivity contribution < 1.29 is 14.3 Å². The lowest BCUT2D eigenvalue weighted by atomic mass is 9.80. The van der Waals surface area contributed by atoms with Crippen molar-refractivity contribution in [3.8, 4) is 22.9 Å². The molecule has 5 rings (SSSR count). The molecule has 38 heavy (non-hydrogen) atoms. The van der Waals surface area contributed by atoms with E-state index in [0.717, 1.165) is 17.7 Å². The summed E-state index contributed by atoms with van der Waals surface area (Å²) in [6.45, 7) is 1.63. The van der Waals surface area contributed by atoms with E-state index in [1.165, 1.54) is 44.7 Å². The fraction of sp³-hybridized carbons (Fsp3) is 0.400. The predicted molar refractivity (Wildman–Crippen MR) is 146 cm³/mol. The Morgan fingerprint density at radius 3 is 2.61 bits per heavy atom. The van der Waals surface area contributed by atoms with Crippen LogP contribution in [0.1, 0.15) is 54.7 Å². The first kappa shape index (κ1) is 25.7. The highest BCUT2D eigenvalue weighted by Gasteiger charge is 2.44. The summed E-state index contributed by atoms with van der Waals surface area (Å²) in [6, 6.07) is 17.4. The molecule has 0 atom stereocenters. The first-order valence-corrected chi connectivity index (χ1v) is 13.2. The number of amides is 1. The van der Waals surface area contributed by atoms with Gasteiger partial charge in [-0.3, -0.25) is 4.79 Å². The number of ether oxygens (including phenoxy) is 2. The maximum atomic E-state index is 13.5. The Kier molecular flexibility index (Phi) is 7.85. The summed E-state index contributed by atoms with van der Waals surface area (Å²) in [5, 5.41) is 15.7. The number of methoxy groups -OCH3 is 1. The summed E-state index contributed by atoms with van der Waals surface area (Å²) >= 11 is 0. The van der Waals surface area contributed by atoms with Gasteiger partial charge in [0, 0.05) is 31.1 Å². The van der Waals surface area contributed by atoms with Crippen molar-refractivity contribution in [2.24, 2.45) is 11.3 Å². The van der Waals surface area contributed by atoms with Crippen LogP contribution in [0.15, 0.2) is 54.7 Å². The van der Waals surface area contributed by atoms with Crippen LogP contribution in [0.3, 0.4) is 0 Å². The number of nitriles is 1. The number of anilines is 2. The number of rotatable bonds is 10. The second-order valence-electron chi connectivity index (χ2n) is 10.3. The average Bonchev–Trinajstić information content (AvgIpc) is 3.72. The minimum Gasteiger partial charge on any atom is -0.491 e. The van der Waals surface area contributed by atoms with Crippen LogP contribution in [-0.2, 0) is 4.74 Å². The number of benzene rings is 2. The molecule has 2 aliphatic carbocycles. The van der Waals surface area contributed by atoms with Gasteiger partial charge < -0.3 is 20.1 Å². The third-order valence-corrected chi connectivity index (χ3v) is 7.69. The summed E-state index contributed by atoms with van der Waals surface area (Å²) in [6.07, 6.45) is 9.11. The quantitative estimate of drug-likeness (QED) is 0.337. The maximum Gasteiger partial charge on any atom is 0.261 e. The molecule has 0 unspecified atom stereocenters. The van der Waals surface area contributed by atoms with E-state index in [9.17, 15) is 10.1 Å². The zero-order valence-electron chi connectivity index (χ0n) is 21.7. The first-order chi connectivity index (χ1) is 18.6. The van der Waals surface area contributed by atoms with Crippen LogP contribution in [0.2, 0.25) is 0 Å². The van der Waals surface area contributed by atoms with E-state index in [-0.39, 0.29) is 11.7 Å². The monoisotopic (exact) mass is 511 g/mol. The minimum absolute atomic E-state index is 0.0344.